The Morgan fingerprint density at radius 3 is 3.00 bits per heavy atom. The van der Waals surface area contributed by atoms with Gasteiger partial charge in [0.1, 0.15) is 11.3 Å². The molecule has 0 fully saturated rings. The van der Waals surface area contributed by atoms with Crippen molar-refractivity contribution in [1.82, 2.24) is 14.5 Å². The van der Waals surface area contributed by atoms with Crippen LogP contribution in [0.5, 0.6) is 0 Å². The van der Waals surface area contributed by atoms with Crippen LogP contribution in [0, 0.1) is 5.92 Å². The Hall–Kier alpha value is -2.17. The number of hydrogen-bond donors (Lipinski definition) is 1. The number of aliphatic carboxylic acids is 1. The molecule has 20 heavy (non-hydrogen) atoms. The third-order valence-electron chi connectivity index (χ3n) is 3.98. The highest BCUT2D eigenvalue weighted by Crippen LogP contribution is 2.35. The molecule has 2 heterocycles. The van der Waals surface area contributed by atoms with Gasteiger partial charge in [0.2, 0.25) is 0 Å². The predicted octanol–water partition coefficient (Wildman–Crippen LogP) is 2.59. The fraction of sp³-hybridized carbons (Fsp3) is 0.400. The number of fused-ring (bicyclic) bond motifs is 1. The van der Waals surface area contributed by atoms with Gasteiger partial charge in [-0.3, -0.25) is 9.78 Å². The molecule has 0 amide bonds. The van der Waals surface area contributed by atoms with E-state index >= 15 is 0 Å². The first-order valence-electron chi connectivity index (χ1n) is 6.90. The summed E-state index contributed by atoms with van der Waals surface area (Å²) in [5, 5.41) is 9.43. The molecule has 0 saturated carbocycles. The lowest BCUT2D eigenvalue weighted by atomic mass is 9.82. The zero-order chi connectivity index (χ0) is 14.1. The average Bonchev–Trinajstić information content (AvgIpc) is 2.85. The van der Waals surface area contributed by atoms with E-state index in [0.717, 1.165) is 29.8 Å². The molecule has 0 aliphatic heterocycles. The van der Waals surface area contributed by atoms with Crippen molar-refractivity contribution in [2.24, 2.45) is 5.92 Å². The van der Waals surface area contributed by atoms with Crippen LogP contribution in [0.3, 0.4) is 0 Å². The maximum atomic E-state index is 11.5. The van der Waals surface area contributed by atoms with Gasteiger partial charge in [-0.1, -0.05) is 12.2 Å². The highest BCUT2D eigenvalue weighted by atomic mass is 16.4. The summed E-state index contributed by atoms with van der Waals surface area (Å²) in [6.45, 7) is 2.84. The van der Waals surface area contributed by atoms with E-state index in [9.17, 15) is 9.90 Å². The fourth-order valence-corrected chi connectivity index (χ4v) is 2.99. The normalized spacial score (nSPS) is 22.2. The van der Waals surface area contributed by atoms with Crippen molar-refractivity contribution in [3.05, 3.63) is 36.4 Å². The maximum absolute atomic E-state index is 11.5. The van der Waals surface area contributed by atoms with Crippen molar-refractivity contribution in [3.63, 3.8) is 0 Å². The largest absolute Gasteiger partial charge is 0.481 e. The molecule has 0 radical (unpaired) electrons. The number of hydrogen-bond acceptors (Lipinski definition) is 3. The van der Waals surface area contributed by atoms with E-state index in [4.69, 9.17) is 0 Å². The highest BCUT2D eigenvalue weighted by molar-refractivity contribution is 5.76. The lowest BCUT2D eigenvalue weighted by molar-refractivity contribution is -0.142. The number of aryl methyl sites for hydroxylation is 1. The van der Waals surface area contributed by atoms with E-state index in [1.807, 2.05) is 12.1 Å². The van der Waals surface area contributed by atoms with Crippen LogP contribution in [-0.2, 0) is 11.3 Å². The Kier molecular flexibility index (Phi) is 3.26. The van der Waals surface area contributed by atoms with Crippen LogP contribution in [0.4, 0.5) is 0 Å². The molecule has 2 aromatic heterocycles. The molecule has 0 bridgehead atoms. The summed E-state index contributed by atoms with van der Waals surface area (Å²) in [6, 6.07) is 1.93. The Labute approximate surface area is 117 Å². The monoisotopic (exact) mass is 271 g/mol. The van der Waals surface area contributed by atoms with Crippen molar-refractivity contribution in [3.8, 4) is 0 Å². The molecule has 1 N–H and O–H groups in total. The number of carbonyl (C=O) groups is 1. The van der Waals surface area contributed by atoms with Gasteiger partial charge in [0.05, 0.1) is 17.6 Å². The second-order valence-electron chi connectivity index (χ2n) is 5.07. The Bertz CT molecular complexity index is 675. The molecular weight excluding hydrogens is 254 g/mol. The van der Waals surface area contributed by atoms with Gasteiger partial charge in [0.25, 0.3) is 0 Å². The van der Waals surface area contributed by atoms with Crippen molar-refractivity contribution >= 4 is 17.0 Å². The summed E-state index contributed by atoms with van der Waals surface area (Å²) >= 11 is 0. The number of pyridine rings is 1. The van der Waals surface area contributed by atoms with Crippen LogP contribution in [-0.4, -0.2) is 25.6 Å². The highest BCUT2D eigenvalue weighted by Gasteiger charge is 2.33. The van der Waals surface area contributed by atoms with Crippen LogP contribution in [0.1, 0.15) is 31.5 Å². The maximum Gasteiger partial charge on any atom is 0.307 e. The van der Waals surface area contributed by atoms with E-state index < -0.39 is 11.9 Å². The van der Waals surface area contributed by atoms with Gasteiger partial charge < -0.3 is 9.67 Å². The van der Waals surface area contributed by atoms with Crippen LogP contribution in [0.25, 0.3) is 11.0 Å². The Balaban J connectivity index is 2.13. The Morgan fingerprint density at radius 2 is 2.25 bits per heavy atom. The van der Waals surface area contributed by atoms with Crippen LogP contribution < -0.4 is 0 Å². The molecular formula is C15H17N3O2. The van der Waals surface area contributed by atoms with Gasteiger partial charge in [0, 0.05) is 18.7 Å². The molecule has 0 aromatic carbocycles. The first-order valence-corrected chi connectivity index (χ1v) is 6.90. The SMILES string of the molecule is CCn1c([C@@H]2CC=CC[C@@H]2C(=O)O)nc2cnccc21. The standard InChI is InChI=1S/C15H17N3O2/c1-2-18-13-7-8-16-9-12(13)17-14(18)10-5-3-4-6-11(10)15(19)20/h3-4,7-11H,2,5-6H2,1H3,(H,19,20)/t10-,11+/m1/s1. The summed E-state index contributed by atoms with van der Waals surface area (Å²) in [7, 11) is 0. The van der Waals surface area contributed by atoms with E-state index in [1.165, 1.54) is 0 Å². The quantitative estimate of drug-likeness (QED) is 0.871. The van der Waals surface area contributed by atoms with Gasteiger partial charge >= 0.3 is 5.97 Å². The first-order chi connectivity index (χ1) is 9.72. The van der Waals surface area contributed by atoms with Gasteiger partial charge in [-0.05, 0) is 25.8 Å². The third kappa shape index (κ3) is 1.99. The average molecular weight is 271 g/mol. The van der Waals surface area contributed by atoms with Crippen LogP contribution >= 0.6 is 0 Å². The van der Waals surface area contributed by atoms with E-state index in [0.29, 0.717) is 6.42 Å². The van der Waals surface area contributed by atoms with E-state index in [1.54, 1.807) is 12.4 Å². The minimum absolute atomic E-state index is 0.0650. The zero-order valence-corrected chi connectivity index (χ0v) is 11.4. The molecule has 0 saturated heterocycles. The molecule has 5 nitrogen and oxygen atoms in total. The zero-order valence-electron chi connectivity index (χ0n) is 11.4. The lowest BCUT2D eigenvalue weighted by Gasteiger charge is -2.25. The summed E-state index contributed by atoms with van der Waals surface area (Å²) in [6.07, 6.45) is 8.80. The first kappa shape index (κ1) is 12.8. The number of allylic oxidation sites excluding steroid dienone is 2. The molecule has 0 spiro atoms. The number of nitrogens with zero attached hydrogens (tertiary/aromatic N) is 3. The van der Waals surface area contributed by atoms with Crippen LogP contribution in [0.2, 0.25) is 0 Å². The summed E-state index contributed by atoms with van der Waals surface area (Å²) < 4.78 is 2.11. The van der Waals surface area contributed by atoms with Crippen LogP contribution in [0.15, 0.2) is 30.6 Å². The van der Waals surface area contributed by atoms with Gasteiger partial charge in [-0.25, -0.2) is 4.98 Å². The smallest absolute Gasteiger partial charge is 0.307 e. The van der Waals surface area contributed by atoms with Crippen molar-refractivity contribution in [1.29, 1.82) is 0 Å². The van der Waals surface area contributed by atoms with Crippen molar-refractivity contribution < 1.29 is 9.90 Å². The molecule has 104 valence electrons. The summed E-state index contributed by atoms with van der Waals surface area (Å²) in [4.78, 5) is 20.2. The second kappa shape index (κ2) is 5.07. The van der Waals surface area contributed by atoms with Crippen molar-refractivity contribution in [2.45, 2.75) is 32.2 Å². The molecule has 2 aromatic rings. The van der Waals surface area contributed by atoms with Crippen molar-refractivity contribution in [2.75, 3.05) is 0 Å². The number of carboxylic acid groups (broad SMARTS) is 1. The predicted molar refractivity (Wildman–Crippen MR) is 75.4 cm³/mol. The minimum Gasteiger partial charge on any atom is -0.481 e. The summed E-state index contributed by atoms with van der Waals surface area (Å²) in [5.41, 5.74) is 1.86. The topological polar surface area (TPSA) is 68.0 Å². The summed E-state index contributed by atoms with van der Waals surface area (Å²) in [5.74, 6) is -0.334. The molecule has 3 rings (SSSR count). The lowest BCUT2D eigenvalue weighted by Crippen LogP contribution is -2.25. The molecule has 5 heteroatoms. The van der Waals surface area contributed by atoms with E-state index in [2.05, 4.69) is 27.5 Å². The van der Waals surface area contributed by atoms with E-state index in [-0.39, 0.29) is 5.92 Å². The second-order valence-corrected chi connectivity index (χ2v) is 5.07. The number of aromatic nitrogens is 3. The molecule has 2 atom stereocenters. The minimum atomic E-state index is -0.743. The van der Waals surface area contributed by atoms with Gasteiger partial charge in [0.15, 0.2) is 0 Å². The third-order valence-corrected chi connectivity index (χ3v) is 3.98. The fourth-order valence-electron chi connectivity index (χ4n) is 2.99. The number of imidazole rings is 1. The molecule has 0 unspecified atom stereocenters. The van der Waals surface area contributed by atoms with Gasteiger partial charge in [-0.15, -0.1) is 0 Å². The number of rotatable bonds is 3. The molecule has 1 aliphatic carbocycles. The number of carboxylic acids is 1. The Morgan fingerprint density at radius 1 is 1.45 bits per heavy atom. The van der Waals surface area contributed by atoms with Gasteiger partial charge in [-0.2, -0.15) is 0 Å². The molecule has 1 aliphatic rings.